The highest BCUT2D eigenvalue weighted by atomic mass is 19.4. The van der Waals surface area contributed by atoms with Crippen molar-refractivity contribution < 1.29 is 13.2 Å². The zero-order valence-corrected chi connectivity index (χ0v) is 16.7. The van der Waals surface area contributed by atoms with Gasteiger partial charge in [-0.3, -0.25) is 0 Å². The van der Waals surface area contributed by atoms with E-state index in [0.29, 0.717) is 0 Å². The van der Waals surface area contributed by atoms with Gasteiger partial charge in [-0.25, -0.2) is 0 Å². The van der Waals surface area contributed by atoms with Gasteiger partial charge in [0.25, 0.3) is 0 Å². The van der Waals surface area contributed by atoms with Crippen LogP contribution in [0.2, 0.25) is 0 Å². The molecule has 0 amide bonds. The Morgan fingerprint density at radius 1 is 0.433 bits per heavy atom. The molecule has 0 radical (unpaired) electrons. The highest BCUT2D eigenvalue weighted by molar-refractivity contribution is 5.62. The van der Waals surface area contributed by atoms with Crippen LogP contribution in [-0.4, -0.2) is 6.18 Å². The summed E-state index contributed by atoms with van der Waals surface area (Å²) in [6, 6.07) is 36.8. The molecule has 0 unspecified atom stereocenters. The second kappa shape index (κ2) is 9.45. The molecule has 0 aromatic heterocycles. The van der Waals surface area contributed by atoms with E-state index in [0.717, 1.165) is 0 Å². The molecule has 0 aliphatic rings. The first-order valence-electron chi connectivity index (χ1n) is 9.71. The predicted molar refractivity (Wildman–Crippen MR) is 117 cm³/mol. The molecule has 4 rings (SSSR count). The Hall–Kier alpha value is -3.33. The molecule has 0 aliphatic heterocycles. The maximum atomic E-state index is 13.5. The Kier molecular flexibility index (Phi) is 6.73. The molecule has 0 saturated heterocycles. The third-order valence-corrected chi connectivity index (χ3v) is 5.15. The Balaban J connectivity index is 0.000000184. The number of hydrogen-bond acceptors (Lipinski definition) is 0. The maximum Gasteiger partial charge on any atom is 0.402 e. The summed E-state index contributed by atoms with van der Waals surface area (Å²) in [7, 11) is 0. The average molecular weight is 404 g/mol. The third kappa shape index (κ3) is 4.80. The number of alkyl halides is 3. The summed E-state index contributed by atoms with van der Waals surface area (Å²) >= 11 is 0. The van der Waals surface area contributed by atoms with E-state index in [1.54, 1.807) is 36.4 Å². The van der Waals surface area contributed by atoms with Crippen LogP contribution in [0, 0.1) is 0 Å². The lowest BCUT2D eigenvalue weighted by atomic mass is 9.75. The third-order valence-electron chi connectivity index (χ3n) is 5.15. The van der Waals surface area contributed by atoms with E-state index in [4.69, 9.17) is 0 Å². The zero-order valence-electron chi connectivity index (χ0n) is 16.7. The molecule has 0 spiro atoms. The maximum absolute atomic E-state index is 13.5. The molecular formula is C27H23F3. The van der Waals surface area contributed by atoms with Crippen LogP contribution in [0.4, 0.5) is 13.2 Å². The van der Waals surface area contributed by atoms with Crippen LogP contribution in [0.25, 0.3) is 11.1 Å². The molecule has 30 heavy (non-hydrogen) atoms. The Morgan fingerprint density at radius 3 is 0.967 bits per heavy atom. The summed E-state index contributed by atoms with van der Waals surface area (Å²) in [6.45, 7) is 1.22. The van der Waals surface area contributed by atoms with Crippen molar-refractivity contribution >= 4 is 0 Å². The summed E-state index contributed by atoms with van der Waals surface area (Å²) in [4.78, 5) is 0. The van der Waals surface area contributed by atoms with Crippen molar-refractivity contribution in [1.29, 1.82) is 0 Å². The van der Waals surface area contributed by atoms with Crippen molar-refractivity contribution in [2.45, 2.75) is 18.5 Å². The van der Waals surface area contributed by atoms with Crippen molar-refractivity contribution in [1.82, 2.24) is 0 Å². The molecule has 0 nitrogen and oxygen atoms in total. The molecule has 3 heteroatoms. The summed E-state index contributed by atoms with van der Waals surface area (Å²) in [6.07, 6.45) is -4.34. The van der Waals surface area contributed by atoms with Gasteiger partial charge < -0.3 is 0 Å². The molecule has 4 aromatic rings. The summed E-state index contributed by atoms with van der Waals surface area (Å²) in [5, 5.41) is 0. The van der Waals surface area contributed by atoms with E-state index in [1.165, 1.54) is 42.3 Å². The Bertz CT molecular complexity index is 932. The number of benzene rings is 4. The second-order valence-electron chi connectivity index (χ2n) is 7.09. The van der Waals surface area contributed by atoms with E-state index < -0.39 is 11.6 Å². The molecule has 0 fully saturated rings. The Labute approximate surface area is 175 Å². The van der Waals surface area contributed by atoms with Crippen molar-refractivity contribution in [2.75, 3.05) is 0 Å². The normalized spacial score (nSPS) is 11.3. The molecule has 0 aliphatic carbocycles. The zero-order chi connectivity index (χ0) is 21.5. The van der Waals surface area contributed by atoms with Gasteiger partial charge in [-0.1, -0.05) is 121 Å². The fourth-order valence-corrected chi connectivity index (χ4v) is 3.30. The fraction of sp³-hybridized carbons (Fsp3) is 0.111. The van der Waals surface area contributed by atoms with E-state index >= 15 is 0 Å². The minimum Gasteiger partial charge on any atom is -0.170 e. The smallest absolute Gasteiger partial charge is 0.170 e. The standard InChI is InChI=1S/C15H13F3.C12H10/c1-14(15(16,17)18,12-8-4-2-5-9-12)13-10-6-3-7-11-13;1-3-7-11(8-4-1)12-9-5-2-6-10-12/h2-11H,1H3;1-10H. The first-order chi connectivity index (χ1) is 14.4. The topological polar surface area (TPSA) is 0 Å². The van der Waals surface area contributed by atoms with Gasteiger partial charge in [0.1, 0.15) is 5.41 Å². The molecule has 0 bridgehead atoms. The monoisotopic (exact) mass is 404 g/mol. The Morgan fingerprint density at radius 2 is 0.700 bits per heavy atom. The van der Waals surface area contributed by atoms with Gasteiger partial charge in [-0.05, 0) is 29.2 Å². The summed E-state index contributed by atoms with van der Waals surface area (Å²) < 4.78 is 40.4. The molecule has 0 atom stereocenters. The molecule has 0 N–H and O–H groups in total. The quantitative estimate of drug-likeness (QED) is 0.325. The van der Waals surface area contributed by atoms with Gasteiger partial charge in [0.2, 0.25) is 0 Å². The second-order valence-corrected chi connectivity index (χ2v) is 7.09. The van der Waals surface area contributed by atoms with E-state index in [2.05, 4.69) is 48.5 Å². The highest BCUT2D eigenvalue weighted by Crippen LogP contribution is 2.45. The minimum absolute atomic E-state index is 0.253. The average Bonchev–Trinajstić information content (AvgIpc) is 2.80. The fourth-order valence-electron chi connectivity index (χ4n) is 3.30. The highest BCUT2D eigenvalue weighted by Gasteiger charge is 2.53. The number of hydrogen-bond donors (Lipinski definition) is 0. The molecular weight excluding hydrogens is 381 g/mol. The van der Waals surface area contributed by atoms with Crippen LogP contribution in [-0.2, 0) is 5.41 Å². The largest absolute Gasteiger partial charge is 0.402 e. The number of halogens is 3. The SMILES string of the molecule is CC(c1ccccc1)(c1ccccc1)C(F)(F)F.c1ccc(-c2ccccc2)cc1. The first kappa shape index (κ1) is 21.4. The molecule has 152 valence electrons. The van der Waals surface area contributed by atoms with Crippen LogP contribution < -0.4 is 0 Å². The van der Waals surface area contributed by atoms with E-state index in [9.17, 15) is 13.2 Å². The number of rotatable bonds is 3. The van der Waals surface area contributed by atoms with E-state index in [1.807, 2.05) is 12.1 Å². The lowest BCUT2D eigenvalue weighted by Crippen LogP contribution is -2.40. The van der Waals surface area contributed by atoms with Crippen LogP contribution in [0.5, 0.6) is 0 Å². The first-order valence-corrected chi connectivity index (χ1v) is 9.71. The van der Waals surface area contributed by atoms with Gasteiger partial charge in [0.05, 0.1) is 0 Å². The van der Waals surface area contributed by atoms with Gasteiger partial charge in [0.15, 0.2) is 0 Å². The molecule has 4 aromatic carbocycles. The van der Waals surface area contributed by atoms with Gasteiger partial charge in [-0.2, -0.15) is 13.2 Å². The van der Waals surface area contributed by atoms with Crippen molar-refractivity contribution in [3.8, 4) is 11.1 Å². The summed E-state index contributed by atoms with van der Waals surface area (Å²) in [5.74, 6) is 0. The van der Waals surface area contributed by atoms with Crippen LogP contribution in [0.3, 0.4) is 0 Å². The minimum atomic E-state index is -4.34. The lowest BCUT2D eigenvalue weighted by Gasteiger charge is -2.33. The van der Waals surface area contributed by atoms with Gasteiger partial charge in [-0.15, -0.1) is 0 Å². The van der Waals surface area contributed by atoms with Crippen LogP contribution in [0.1, 0.15) is 18.1 Å². The van der Waals surface area contributed by atoms with Crippen molar-refractivity contribution in [3.05, 3.63) is 132 Å². The molecule has 0 heterocycles. The van der Waals surface area contributed by atoms with E-state index in [-0.39, 0.29) is 11.1 Å². The van der Waals surface area contributed by atoms with Crippen molar-refractivity contribution in [2.24, 2.45) is 0 Å². The van der Waals surface area contributed by atoms with Gasteiger partial charge >= 0.3 is 6.18 Å². The predicted octanol–water partition coefficient (Wildman–Crippen LogP) is 7.91. The molecule has 0 saturated carbocycles. The lowest BCUT2D eigenvalue weighted by molar-refractivity contribution is -0.173. The van der Waals surface area contributed by atoms with Gasteiger partial charge in [0, 0.05) is 0 Å². The van der Waals surface area contributed by atoms with Crippen LogP contribution >= 0.6 is 0 Å². The van der Waals surface area contributed by atoms with Crippen molar-refractivity contribution in [3.63, 3.8) is 0 Å². The summed E-state index contributed by atoms with van der Waals surface area (Å²) in [5.41, 5.74) is 1.08. The van der Waals surface area contributed by atoms with Crippen LogP contribution in [0.15, 0.2) is 121 Å².